The highest BCUT2D eigenvalue weighted by atomic mass is 35.5. The lowest BCUT2D eigenvalue weighted by Gasteiger charge is -2.30. The summed E-state index contributed by atoms with van der Waals surface area (Å²) in [6, 6.07) is 5.49. The Balaban J connectivity index is 3.04. The summed E-state index contributed by atoms with van der Waals surface area (Å²) in [5.41, 5.74) is 0.821. The van der Waals surface area contributed by atoms with Crippen LogP contribution >= 0.6 is 11.6 Å². The molecule has 0 amide bonds. The van der Waals surface area contributed by atoms with Gasteiger partial charge >= 0.3 is 5.97 Å². The zero-order valence-corrected chi connectivity index (χ0v) is 11.6. The molecule has 1 N–H and O–H groups in total. The van der Waals surface area contributed by atoms with E-state index in [0.29, 0.717) is 17.3 Å². The Labute approximate surface area is 112 Å². The van der Waals surface area contributed by atoms with Gasteiger partial charge in [0, 0.05) is 17.6 Å². The number of hydrogen-bond donors (Lipinski definition) is 1. The van der Waals surface area contributed by atoms with Crippen molar-refractivity contribution in [3.63, 3.8) is 0 Å². The molecule has 18 heavy (non-hydrogen) atoms. The zero-order chi connectivity index (χ0) is 13.7. The van der Waals surface area contributed by atoms with E-state index in [1.807, 2.05) is 18.7 Å². The molecule has 100 valence electrons. The van der Waals surface area contributed by atoms with Crippen LogP contribution in [0.15, 0.2) is 18.2 Å². The Morgan fingerprint density at radius 1 is 1.50 bits per heavy atom. The summed E-state index contributed by atoms with van der Waals surface area (Å²) >= 11 is 5.99. The first-order chi connectivity index (χ1) is 8.45. The lowest BCUT2D eigenvalue weighted by Crippen LogP contribution is -2.33. The Bertz CT molecular complexity index is 421. The molecular formula is C13H18ClNO3. The van der Waals surface area contributed by atoms with Gasteiger partial charge in [0.15, 0.2) is 0 Å². The van der Waals surface area contributed by atoms with Gasteiger partial charge in [-0.2, -0.15) is 0 Å². The molecule has 0 aliphatic heterocycles. The second kappa shape index (κ2) is 6.50. The van der Waals surface area contributed by atoms with Crippen molar-refractivity contribution in [2.75, 3.05) is 18.6 Å². The quantitative estimate of drug-likeness (QED) is 0.864. The second-order valence-corrected chi connectivity index (χ2v) is 4.68. The lowest BCUT2D eigenvalue weighted by atomic mass is 10.2. The molecule has 0 heterocycles. The van der Waals surface area contributed by atoms with Crippen LogP contribution in [0.25, 0.3) is 0 Å². The molecule has 0 spiro atoms. The van der Waals surface area contributed by atoms with Gasteiger partial charge in [0.1, 0.15) is 5.75 Å². The van der Waals surface area contributed by atoms with Gasteiger partial charge in [-0.25, -0.2) is 0 Å². The summed E-state index contributed by atoms with van der Waals surface area (Å²) < 4.78 is 5.29. The summed E-state index contributed by atoms with van der Waals surface area (Å²) in [4.78, 5) is 12.7. The smallest absolute Gasteiger partial charge is 0.305 e. The first kappa shape index (κ1) is 14.6. The molecule has 0 aromatic heterocycles. The number of hydrogen-bond acceptors (Lipinski definition) is 3. The van der Waals surface area contributed by atoms with E-state index >= 15 is 0 Å². The van der Waals surface area contributed by atoms with Crippen LogP contribution < -0.4 is 9.64 Å². The van der Waals surface area contributed by atoms with Crippen LogP contribution in [0.2, 0.25) is 5.02 Å². The Kier molecular flexibility index (Phi) is 5.28. The normalized spacial score (nSPS) is 10.5. The molecule has 0 saturated carbocycles. The van der Waals surface area contributed by atoms with E-state index in [9.17, 15) is 4.79 Å². The molecule has 0 radical (unpaired) electrons. The highest BCUT2D eigenvalue weighted by molar-refractivity contribution is 6.30. The standard InChI is InChI=1S/C13H18ClNO3/c1-9(2)15(7-6-13(16)17)11-8-10(14)4-5-12(11)18-3/h4-5,8-9H,6-7H2,1-3H3,(H,16,17). The van der Waals surface area contributed by atoms with Crippen molar-refractivity contribution < 1.29 is 14.6 Å². The predicted octanol–water partition coefficient (Wildman–Crippen LogP) is 3.04. The van der Waals surface area contributed by atoms with Crippen LogP contribution in [0.1, 0.15) is 20.3 Å². The molecule has 0 atom stereocenters. The number of carboxylic acids is 1. The number of carboxylic acid groups (broad SMARTS) is 1. The van der Waals surface area contributed by atoms with E-state index in [1.165, 1.54) is 0 Å². The maximum absolute atomic E-state index is 10.7. The fourth-order valence-corrected chi connectivity index (χ4v) is 1.93. The minimum absolute atomic E-state index is 0.0772. The number of nitrogens with zero attached hydrogens (tertiary/aromatic N) is 1. The van der Waals surface area contributed by atoms with Crippen molar-refractivity contribution in [3.8, 4) is 5.75 Å². The van der Waals surface area contributed by atoms with Crippen LogP contribution in [-0.2, 0) is 4.79 Å². The minimum Gasteiger partial charge on any atom is -0.495 e. The third kappa shape index (κ3) is 3.81. The van der Waals surface area contributed by atoms with Crippen molar-refractivity contribution in [1.29, 1.82) is 0 Å². The van der Waals surface area contributed by atoms with E-state index in [-0.39, 0.29) is 12.5 Å². The topological polar surface area (TPSA) is 49.8 Å². The number of benzene rings is 1. The average Bonchev–Trinajstić information content (AvgIpc) is 2.28. The zero-order valence-electron chi connectivity index (χ0n) is 10.8. The number of anilines is 1. The predicted molar refractivity (Wildman–Crippen MR) is 72.7 cm³/mol. The molecule has 1 rings (SSSR count). The van der Waals surface area contributed by atoms with Crippen molar-refractivity contribution in [2.24, 2.45) is 0 Å². The van der Waals surface area contributed by atoms with Crippen LogP contribution in [0, 0.1) is 0 Å². The third-order valence-corrected chi connectivity index (χ3v) is 2.88. The molecule has 4 nitrogen and oxygen atoms in total. The third-order valence-electron chi connectivity index (χ3n) is 2.64. The fourth-order valence-electron chi connectivity index (χ4n) is 1.76. The summed E-state index contributed by atoms with van der Waals surface area (Å²) in [5.74, 6) is -0.125. The van der Waals surface area contributed by atoms with Crippen molar-refractivity contribution in [2.45, 2.75) is 26.3 Å². The van der Waals surface area contributed by atoms with E-state index < -0.39 is 5.97 Å². The molecule has 1 aromatic rings. The number of rotatable bonds is 6. The highest BCUT2D eigenvalue weighted by Gasteiger charge is 2.16. The first-order valence-corrected chi connectivity index (χ1v) is 6.15. The van der Waals surface area contributed by atoms with Crippen LogP contribution in [0.4, 0.5) is 5.69 Å². The largest absolute Gasteiger partial charge is 0.495 e. The number of aliphatic carboxylic acids is 1. The molecule has 5 heteroatoms. The van der Waals surface area contributed by atoms with Crippen LogP contribution in [0.5, 0.6) is 5.75 Å². The highest BCUT2D eigenvalue weighted by Crippen LogP contribution is 2.32. The molecule has 1 aromatic carbocycles. The van der Waals surface area contributed by atoms with E-state index in [1.54, 1.807) is 25.3 Å². The van der Waals surface area contributed by atoms with E-state index in [0.717, 1.165) is 5.69 Å². The number of ether oxygens (including phenoxy) is 1. The molecule has 0 unspecified atom stereocenters. The second-order valence-electron chi connectivity index (χ2n) is 4.25. The van der Waals surface area contributed by atoms with E-state index in [2.05, 4.69) is 0 Å². The van der Waals surface area contributed by atoms with Gasteiger partial charge in [-0.3, -0.25) is 4.79 Å². The average molecular weight is 272 g/mol. The van der Waals surface area contributed by atoms with E-state index in [4.69, 9.17) is 21.4 Å². The summed E-state index contributed by atoms with van der Waals surface area (Å²) in [6.45, 7) is 4.42. The SMILES string of the molecule is COc1ccc(Cl)cc1N(CCC(=O)O)C(C)C. The summed E-state index contributed by atoms with van der Waals surface area (Å²) in [7, 11) is 1.59. The maximum Gasteiger partial charge on any atom is 0.305 e. The van der Waals surface area contributed by atoms with Gasteiger partial charge in [-0.1, -0.05) is 11.6 Å². The Hall–Kier alpha value is -1.42. The lowest BCUT2D eigenvalue weighted by molar-refractivity contribution is -0.136. The molecule has 0 aliphatic carbocycles. The van der Waals surface area contributed by atoms with Gasteiger partial charge in [-0.15, -0.1) is 0 Å². The van der Waals surface area contributed by atoms with Crippen molar-refractivity contribution in [3.05, 3.63) is 23.2 Å². The van der Waals surface area contributed by atoms with Gasteiger partial charge in [0.25, 0.3) is 0 Å². The summed E-state index contributed by atoms with van der Waals surface area (Å²) in [5, 5.41) is 9.39. The summed E-state index contributed by atoms with van der Waals surface area (Å²) in [6.07, 6.45) is 0.0772. The molecular weight excluding hydrogens is 254 g/mol. The molecule has 0 aliphatic rings. The van der Waals surface area contributed by atoms with Gasteiger partial charge < -0.3 is 14.7 Å². The minimum atomic E-state index is -0.818. The molecule has 0 saturated heterocycles. The number of halogens is 1. The van der Waals surface area contributed by atoms with Crippen molar-refractivity contribution in [1.82, 2.24) is 0 Å². The Morgan fingerprint density at radius 2 is 2.17 bits per heavy atom. The van der Waals surface area contributed by atoms with Gasteiger partial charge in [0.05, 0.1) is 19.2 Å². The van der Waals surface area contributed by atoms with Crippen LogP contribution in [-0.4, -0.2) is 30.8 Å². The van der Waals surface area contributed by atoms with Crippen LogP contribution in [0.3, 0.4) is 0 Å². The molecule has 0 fully saturated rings. The Morgan fingerprint density at radius 3 is 2.67 bits per heavy atom. The fraction of sp³-hybridized carbons (Fsp3) is 0.462. The van der Waals surface area contributed by atoms with Crippen molar-refractivity contribution >= 4 is 23.3 Å². The number of methoxy groups -OCH3 is 1. The molecule has 0 bridgehead atoms. The van der Waals surface area contributed by atoms with Gasteiger partial charge in [0.2, 0.25) is 0 Å². The number of carbonyl (C=O) groups is 1. The first-order valence-electron chi connectivity index (χ1n) is 5.77. The van der Waals surface area contributed by atoms with Gasteiger partial charge in [-0.05, 0) is 32.0 Å². The monoisotopic (exact) mass is 271 g/mol. The maximum atomic E-state index is 10.7.